The summed E-state index contributed by atoms with van der Waals surface area (Å²) in [5, 5.41) is 0. The van der Waals surface area contributed by atoms with Gasteiger partial charge in [0.1, 0.15) is 0 Å². The summed E-state index contributed by atoms with van der Waals surface area (Å²) >= 11 is 1.46. The fraction of sp³-hybridized carbons (Fsp3) is 0.294. The highest BCUT2D eigenvalue weighted by molar-refractivity contribution is 8.00. The van der Waals surface area contributed by atoms with Crippen LogP contribution in [0.3, 0.4) is 0 Å². The van der Waals surface area contributed by atoms with E-state index in [4.69, 9.17) is 4.74 Å². The number of hydrogen-bond donors (Lipinski definition) is 1. The van der Waals surface area contributed by atoms with Gasteiger partial charge in [-0.25, -0.2) is 4.79 Å². The van der Waals surface area contributed by atoms with E-state index in [0.29, 0.717) is 22.5 Å². The molecular weight excluding hydrogens is 298 g/mol. The minimum Gasteiger partial charge on any atom is -0.462 e. The molecule has 0 saturated heterocycles. The number of rotatable bonds is 6. The molecule has 1 aromatic carbocycles. The predicted molar refractivity (Wildman–Crippen MR) is 87.7 cm³/mol. The van der Waals surface area contributed by atoms with Gasteiger partial charge in [-0.3, -0.25) is 4.79 Å². The van der Waals surface area contributed by atoms with Crippen LogP contribution in [0.1, 0.15) is 39.0 Å². The Morgan fingerprint density at radius 3 is 2.36 bits per heavy atom. The highest BCUT2D eigenvalue weighted by Gasteiger charge is 2.25. The molecule has 1 heterocycles. The van der Waals surface area contributed by atoms with Crippen molar-refractivity contribution in [2.75, 3.05) is 12.4 Å². The van der Waals surface area contributed by atoms with Gasteiger partial charge in [0.15, 0.2) is 5.78 Å². The molecule has 0 fully saturated rings. The lowest BCUT2D eigenvalue weighted by molar-refractivity contribution is 0.0522. The molecule has 1 aromatic heterocycles. The molecule has 2 rings (SSSR count). The molecule has 116 valence electrons. The number of hydrogen-bond acceptors (Lipinski definition) is 4. The van der Waals surface area contributed by atoms with E-state index in [-0.39, 0.29) is 18.1 Å². The standard InChI is InChI=1S/C17H19NO3S/c1-4-21-17(20)16-12(3)18-11(2)15(16)14(19)10-22-13-8-6-5-7-9-13/h5-9,18H,4,10H2,1-3H3. The average Bonchev–Trinajstić information content (AvgIpc) is 2.80. The molecule has 0 bridgehead atoms. The third-order valence-corrected chi connectivity index (χ3v) is 4.26. The lowest BCUT2D eigenvalue weighted by Crippen LogP contribution is -2.13. The molecular formula is C17H19NO3S. The van der Waals surface area contributed by atoms with Crippen LogP contribution in [-0.2, 0) is 4.74 Å². The molecule has 0 aliphatic heterocycles. The molecule has 0 radical (unpaired) electrons. The first kappa shape index (κ1) is 16.4. The number of carbonyl (C=O) groups excluding carboxylic acids is 2. The summed E-state index contributed by atoms with van der Waals surface area (Å²) < 4.78 is 5.06. The number of benzene rings is 1. The van der Waals surface area contributed by atoms with Crippen LogP contribution >= 0.6 is 11.8 Å². The van der Waals surface area contributed by atoms with Crippen molar-refractivity contribution in [2.24, 2.45) is 0 Å². The van der Waals surface area contributed by atoms with E-state index >= 15 is 0 Å². The maximum atomic E-state index is 12.5. The number of nitrogens with one attached hydrogen (secondary N) is 1. The maximum absolute atomic E-state index is 12.5. The fourth-order valence-corrected chi connectivity index (χ4v) is 3.12. The number of ketones is 1. The first-order valence-corrected chi connectivity index (χ1v) is 8.10. The lowest BCUT2D eigenvalue weighted by atomic mass is 10.1. The number of aromatic amines is 1. The van der Waals surface area contributed by atoms with Crippen molar-refractivity contribution in [3.63, 3.8) is 0 Å². The first-order valence-electron chi connectivity index (χ1n) is 7.12. The summed E-state index contributed by atoms with van der Waals surface area (Å²) in [7, 11) is 0. The molecule has 0 spiro atoms. The highest BCUT2D eigenvalue weighted by atomic mass is 32.2. The number of esters is 1. The van der Waals surface area contributed by atoms with Gasteiger partial charge in [-0.2, -0.15) is 0 Å². The summed E-state index contributed by atoms with van der Waals surface area (Å²) in [5.74, 6) is -0.231. The van der Waals surface area contributed by atoms with Crippen LogP contribution < -0.4 is 0 Å². The summed E-state index contributed by atoms with van der Waals surface area (Å²) in [5.41, 5.74) is 2.18. The summed E-state index contributed by atoms with van der Waals surface area (Å²) in [6.07, 6.45) is 0. The summed E-state index contributed by atoms with van der Waals surface area (Å²) in [4.78, 5) is 28.7. The quantitative estimate of drug-likeness (QED) is 0.500. The van der Waals surface area contributed by atoms with Crippen molar-refractivity contribution in [3.05, 3.63) is 52.8 Å². The van der Waals surface area contributed by atoms with Gasteiger partial charge in [0, 0.05) is 16.3 Å². The largest absolute Gasteiger partial charge is 0.462 e. The minimum absolute atomic E-state index is 0.0706. The van der Waals surface area contributed by atoms with Gasteiger partial charge in [-0.1, -0.05) is 18.2 Å². The second-order valence-corrected chi connectivity index (χ2v) is 5.92. The zero-order chi connectivity index (χ0) is 16.1. The Kier molecular flexibility index (Phi) is 5.44. The molecule has 2 aromatic rings. The van der Waals surface area contributed by atoms with Crippen LogP contribution in [0.4, 0.5) is 0 Å². The van der Waals surface area contributed by atoms with E-state index in [9.17, 15) is 9.59 Å². The van der Waals surface area contributed by atoms with E-state index in [1.807, 2.05) is 30.3 Å². The fourth-order valence-electron chi connectivity index (χ4n) is 2.33. The van der Waals surface area contributed by atoms with Gasteiger partial charge in [0.05, 0.1) is 23.5 Å². The SMILES string of the molecule is CCOC(=O)c1c(C)[nH]c(C)c1C(=O)CSc1ccccc1. The molecule has 0 aliphatic rings. The van der Waals surface area contributed by atoms with E-state index in [1.54, 1.807) is 20.8 Å². The van der Waals surface area contributed by atoms with Crippen LogP contribution in [-0.4, -0.2) is 29.1 Å². The molecule has 0 aliphatic carbocycles. The van der Waals surface area contributed by atoms with Crippen molar-refractivity contribution in [1.82, 2.24) is 4.98 Å². The Hall–Kier alpha value is -2.01. The minimum atomic E-state index is -0.447. The van der Waals surface area contributed by atoms with E-state index < -0.39 is 5.97 Å². The molecule has 22 heavy (non-hydrogen) atoms. The normalized spacial score (nSPS) is 10.5. The third kappa shape index (κ3) is 3.60. The number of ether oxygens (including phenoxy) is 1. The van der Waals surface area contributed by atoms with Crippen LogP contribution in [0.2, 0.25) is 0 Å². The molecule has 5 heteroatoms. The number of aromatic nitrogens is 1. The Labute approximate surface area is 134 Å². The van der Waals surface area contributed by atoms with Crippen LogP contribution in [0.25, 0.3) is 0 Å². The highest BCUT2D eigenvalue weighted by Crippen LogP contribution is 2.24. The van der Waals surface area contributed by atoms with E-state index in [0.717, 1.165) is 4.90 Å². The second-order valence-electron chi connectivity index (χ2n) is 4.87. The van der Waals surface area contributed by atoms with Crippen LogP contribution in [0, 0.1) is 13.8 Å². The molecule has 1 N–H and O–H groups in total. The monoisotopic (exact) mass is 317 g/mol. The van der Waals surface area contributed by atoms with Gasteiger partial charge in [-0.05, 0) is 32.9 Å². The van der Waals surface area contributed by atoms with Gasteiger partial charge < -0.3 is 9.72 Å². The Morgan fingerprint density at radius 2 is 1.73 bits per heavy atom. The van der Waals surface area contributed by atoms with Gasteiger partial charge in [-0.15, -0.1) is 11.8 Å². The third-order valence-electron chi connectivity index (χ3n) is 3.25. The Balaban J connectivity index is 2.20. The van der Waals surface area contributed by atoms with E-state index in [1.165, 1.54) is 11.8 Å². The lowest BCUT2D eigenvalue weighted by Gasteiger charge is -2.06. The van der Waals surface area contributed by atoms with Gasteiger partial charge in [0.25, 0.3) is 0 Å². The van der Waals surface area contributed by atoms with Crippen molar-refractivity contribution >= 4 is 23.5 Å². The number of H-pyrrole nitrogens is 1. The number of carbonyl (C=O) groups is 2. The summed E-state index contributed by atoms with van der Waals surface area (Å²) in [6, 6.07) is 9.72. The number of Topliss-reactive ketones (excluding diaryl/α,β-unsaturated/α-hetero) is 1. The van der Waals surface area contributed by atoms with E-state index in [2.05, 4.69) is 4.98 Å². The van der Waals surface area contributed by atoms with Crippen molar-refractivity contribution in [3.8, 4) is 0 Å². The van der Waals surface area contributed by atoms with Crippen molar-refractivity contribution < 1.29 is 14.3 Å². The maximum Gasteiger partial charge on any atom is 0.340 e. The van der Waals surface area contributed by atoms with Crippen LogP contribution in [0.5, 0.6) is 0 Å². The first-order chi connectivity index (χ1) is 10.5. The second kappa shape index (κ2) is 7.31. The Bertz CT molecular complexity index is 677. The number of aryl methyl sites for hydroxylation is 2. The molecule has 0 amide bonds. The van der Waals surface area contributed by atoms with Gasteiger partial charge >= 0.3 is 5.97 Å². The van der Waals surface area contributed by atoms with Crippen LogP contribution in [0.15, 0.2) is 35.2 Å². The molecule has 0 saturated carbocycles. The van der Waals surface area contributed by atoms with Crippen molar-refractivity contribution in [2.45, 2.75) is 25.7 Å². The zero-order valence-electron chi connectivity index (χ0n) is 12.9. The molecule has 0 unspecified atom stereocenters. The Morgan fingerprint density at radius 1 is 1.09 bits per heavy atom. The smallest absolute Gasteiger partial charge is 0.340 e. The van der Waals surface area contributed by atoms with Crippen molar-refractivity contribution in [1.29, 1.82) is 0 Å². The topological polar surface area (TPSA) is 59.2 Å². The summed E-state index contributed by atoms with van der Waals surface area (Å²) in [6.45, 7) is 5.62. The number of thioether (sulfide) groups is 1. The molecule has 0 atom stereocenters. The van der Waals surface area contributed by atoms with Gasteiger partial charge in [0.2, 0.25) is 0 Å². The average molecular weight is 317 g/mol. The predicted octanol–water partition coefficient (Wildman–Crippen LogP) is 3.78. The molecule has 4 nitrogen and oxygen atoms in total. The zero-order valence-corrected chi connectivity index (χ0v) is 13.8.